The summed E-state index contributed by atoms with van der Waals surface area (Å²) in [7, 11) is 2.23. The topological polar surface area (TPSA) is 72.3 Å². The second-order valence-corrected chi connectivity index (χ2v) is 9.90. The summed E-state index contributed by atoms with van der Waals surface area (Å²) < 4.78 is 2.17. The molecule has 1 saturated carbocycles. The van der Waals surface area contributed by atoms with Crippen LogP contribution in [-0.2, 0) is 0 Å². The molecule has 1 aliphatic rings. The van der Waals surface area contributed by atoms with Crippen LogP contribution < -0.4 is 5.73 Å². The van der Waals surface area contributed by atoms with Crippen LogP contribution in [0.5, 0.6) is 0 Å². The number of fused-ring (bicyclic) bond motifs is 2. The molecule has 3 aromatic heterocycles. The molecule has 1 fully saturated rings. The molecule has 6 nitrogen and oxygen atoms in total. The first kappa shape index (κ1) is 22.7. The van der Waals surface area contributed by atoms with E-state index in [1.165, 1.54) is 12.8 Å². The van der Waals surface area contributed by atoms with Crippen molar-refractivity contribution in [1.82, 2.24) is 24.3 Å². The van der Waals surface area contributed by atoms with Crippen LogP contribution in [-0.4, -0.2) is 43.9 Å². The van der Waals surface area contributed by atoms with Gasteiger partial charge >= 0.3 is 0 Å². The van der Waals surface area contributed by atoms with Gasteiger partial charge in [0, 0.05) is 40.9 Å². The molecule has 5 aromatic rings. The fraction of sp³-hybridized carbons (Fsp3) is 0.300. The zero-order valence-electron chi connectivity index (χ0n) is 20.9. The number of aromatic nitrogens is 4. The van der Waals surface area contributed by atoms with Gasteiger partial charge in [-0.15, -0.1) is 0 Å². The Morgan fingerprint density at radius 2 is 1.72 bits per heavy atom. The molecular weight excluding hydrogens is 444 g/mol. The van der Waals surface area contributed by atoms with Gasteiger partial charge in [-0.05, 0) is 51.4 Å². The smallest absolute Gasteiger partial charge is 0.150 e. The number of pyridine rings is 1. The van der Waals surface area contributed by atoms with E-state index < -0.39 is 0 Å². The molecule has 36 heavy (non-hydrogen) atoms. The third-order valence-electron chi connectivity index (χ3n) is 7.83. The molecule has 0 radical (unpaired) electrons. The standard InChI is InChI=1S/C30H32N6/c1-3-35(2)24-14-11-22(12-15-24)30-34-27(28-29(31)32-17-18-36(28)30)23-10-9-21-13-16-25(33-26(21)19-23)20-7-5-4-6-8-20/h4-10,13,16-19,22,24H,3,11-12,14-15H2,1-2H3,(H2,31,32). The van der Waals surface area contributed by atoms with E-state index in [0.717, 1.165) is 64.1 Å². The van der Waals surface area contributed by atoms with E-state index in [1.54, 1.807) is 6.20 Å². The monoisotopic (exact) mass is 476 g/mol. The van der Waals surface area contributed by atoms with Crippen LogP contribution in [0, 0.1) is 0 Å². The molecular formula is C30H32N6. The maximum Gasteiger partial charge on any atom is 0.150 e. The van der Waals surface area contributed by atoms with E-state index in [1.807, 2.05) is 24.4 Å². The highest BCUT2D eigenvalue weighted by Gasteiger charge is 2.28. The molecule has 0 amide bonds. The molecule has 0 bridgehead atoms. The molecule has 6 heteroatoms. The van der Waals surface area contributed by atoms with E-state index in [9.17, 15) is 0 Å². The molecule has 1 aliphatic carbocycles. The first-order valence-electron chi connectivity index (χ1n) is 12.9. The molecule has 3 heterocycles. The molecule has 0 unspecified atom stereocenters. The number of nitrogens with zero attached hydrogens (tertiary/aromatic N) is 5. The number of benzene rings is 2. The number of hydrogen-bond acceptors (Lipinski definition) is 5. The Bertz CT molecular complexity index is 1520. The van der Waals surface area contributed by atoms with Crippen LogP contribution in [0.1, 0.15) is 44.3 Å². The minimum atomic E-state index is 0.415. The fourth-order valence-corrected chi connectivity index (χ4v) is 5.64. The summed E-state index contributed by atoms with van der Waals surface area (Å²) in [6.07, 6.45) is 8.45. The zero-order chi connectivity index (χ0) is 24.6. The number of hydrogen-bond donors (Lipinski definition) is 1. The maximum atomic E-state index is 6.44. The largest absolute Gasteiger partial charge is 0.382 e. The highest BCUT2D eigenvalue weighted by Crippen LogP contribution is 2.38. The predicted molar refractivity (Wildman–Crippen MR) is 147 cm³/mol. The van der Waals surface area contributed by atoms with E-state index in [2.05, 4.69) is 70.7 Å². The van der Waals surface area contributed by atoms with Gasteiger partial charge in [-0.3, -0.25) is 4.40 Å². The van der Waals surface area contributed by atoms with Gasteiger partial charge in [0.2, 0.25) is 0 Å². The molecule has 182 valence electrons. The van der Waals surface area contributed by atoms with Gasteiger partial charge in [0.25, 0.3) is 0 Å². The van der Waals surface area contributed by atoms with Gasteiger partial charge in [0.1, 0.15) is 22.9 Å². The molecule has 2 aromatic carbocycles. The molecule has 0 saturated heterocycles. The van der Waals surface area contributed by atoms with Crippen molar-refractivity contribution < 1.29 is 0 Å². The third kappa shape index (κ3) is 4.01. The van der Waals surface area contributed by atoms with E-state index in [4.69, 9.17) is 15.7 Å². The van der Waals surface area contributed by atoms with Crippen LogP contribution in [0.3, 0.4) is 0 Å². The highest BCUT2D eigenvalue weighted by molar-refractivity contribution is 5.91. The first-order valence-corrected chi connectivity index (χ1v) is 12.9. The first-order chi connectivity index (χ1) is 17.6. The second kappa shape index (κ2) is 9.36. The van der Waals surface area contributed by atoms with Crippen LogP contribution in [0.4, 0.5) is 5.82 Å². The molecule has 6 rings (SSSR count). The van der Waals surface area contributed by atoms with Crippen molar-refractivity contribution >= 4 is 22.2 Å². The summed E-state index contributed by atoms with van der Waals surface area (Å²) in [5, 5.41) is 1.10. The summed E-state index contributed by atoms with van der Waals surface area (Å²) in [5.74, 6) is 2.02. The Kier molecular flexibility index (Phi) is 5.89. The summed E-state index contributed by atoms with van der Waals surface area (Å²) in [4.78, 5) is 17.1. The quantitative estimate of drug-likeness (QED) is 0.328. The van der Waals surface area contributed by atoms with Crippen molar-refractivity contribution in [2.24, 2.45) is 0 Å². The molecule has 0 aliphatic heterocycles. The summed E-state index contributed by atoms with van der Waals surface area (Å²) in [5.41, 5.74) is 12.2. The Labute approximate surface area is 211 Å². The average molecular weight is 477 g/mol. The van der Waals surface area contributed by atoms with Crippen molar-refractivity contribution in [3.8, 4) is 22.5 Å². The lowest BCUT2D eigenvalue weighted by atomic mass is 9.85. The lowest BCUT2D eigenvalue weighted by molar-refractivity contribution is 0.188. The van der Waals surface area contributed by atoms with Gasteiger partial charge in [-0.25, -0.2) is 15.0 Å². The van der Waals surface area contributed by atoms with Gasteiger partial charge < -0.3 is 10.6 Å². The third-order valence-corrected chi connectivity index (χ3v) is 7.83. The summed E-state index contributed by atoms with van der Waals surface area (Å²) in [6, 6.07) is 21.5. The van der Waals surface area contributed by atoms with E-state index in [-0.39, 0.29) is 0 Å². The van der Waals surface area contributed by atoms with Crippen molar-refractivity contribution in [2.75, 3.05) is 19.3 Å². The Morgan fingerprint density at radius 1 is 0.944 bits per heavy atom. The normalized spacial score (nSPS) is 18.3. The van der Waals surface area contributed by atoms with Crippen molar-refractivity contribution in [2.45, 2.75) is 44.6 Å². The van der Waals surface area contributed by atoms with Crippen molar-refractivity contribution in [3.63, 3.8) is 0 Å². The van der Waals surface area contributed by atoms with E-state index >= 15 is 0 Å². The molecule has 2 N–H and O–H groups in total. The van der Waals surface area contributed by atoms with Crippen LogP contribution in [0.25, 0.3) is 38.9 Å². The lowest BCUT2D eigenvalue weighted by Gasteiger charge is -2.33. The van der Waals surface area contributed by atoms with Crippen LogP contribution >= 0.6 is 0 Å². The number of nitrogen functional groups attached to an aromatic ring is 1. The van der Waals surface area contributed by atoms with Gasteiger partial charge in [0.05, 0.1) is 11.2 Å². The number of imidazole rings is 1. The maximum absolute atomic E-state index is 6.44. The fourth-order valence-electron chi connectivity index (χ4n) is 5.64. The number of nitrogens with two attached hydrogens (primary N) is 1. The van der Waals surface area contributed by atoms with Crippen molar-refractivity contribution in [1.29, 1.82) is 0 Å². The number of rotatable bonds is 5. The summed E-state index contributed by atoms with van der Waals surface area (Å²) >= 11 is 0. The van der Waals surface area contributed by atoms with Crippen LogP contribution in [0.15, 0.2) is 73.1 Å². The highest BCUT2D eigenvalue weighted by atomic mass is 15.1. The SMILES string of the molecule is CCN(C)C1CCC(c2nc(-c3ccc4ccc(-c5ccccc5)nc4c3)c3c(N)nccn23)CC1. The van der Waals surface area contributed by atoms with Crippen molar-refractivity contribution in [3.05, 3.63) is 78.9 Å². The Balaban J connectivity index is 1.41. The van der Waals surface area contributed by atoms with Gasteiger partial charge in [-0.2, -0.15) is 0 Å². The Morgan fingerprint density at radius 3 is 2.50 bits per heavy atom. The summed E-state index contributed by atoms with van der Waals surface area (Å²) in [6.45, 7) is 3.33. The van der Waals surface area contributed by atoms with Gasteiger partial charge in [-0.1, -0.05) is 55.5 Å². The molecule has 0 spiro atoms. The second-order valence-electron chi connectivity index (χ2n) is 9.90. The zero-order valence-corrected chi connectivity index (χ0v) is 20.9. The van der Waals surface area contributed by atoms with Crippen LogP contribution in [0.2, 0.25) is 0 Å². The minimum absolute atomic E-state index is 0.415. The average Bonchev–Trinajstić information content (AvgIpc) is 3.33. The van der Waals surface area contributed by atoms with E-state index in [0.29, 0.717) is 17.8 Å². The van der Waals surface area contributed by atoms with Gasteiger partial charge in [0.15, 0.2) is 0 Å². The minimum Gasteiger partial charge on any atom is -0.382 e. The number of anilines is 1. The predicted octanol–water partition coefficient (Wildman–Crippen LogP) is 6.17. The molecule has 0 atom stereocenters. The Hall–Kier alpha value is -3.77. The lowest BCUT2D eigenvalue weighted by Crippen LogP contribution is -2.34.